The molecule has 1 atom stereocenters. The monoisotopic (exact) mass is 356 g/mol. The highest BCUT2D eigenvalue weighted by Gasteiger charge is 2.25. The SMILES string of the molecule is CCOc1ccc(NC(=O)[C@H]2CCCN(Cc3ccc(F)cc3)C2)cc1. The molecule has 3 rings (SSSR count). The van der Waals surface area contributed by atoms with Crippen LogP contribution in [0.3, 0.4) is 0 Å². The molecule has 26 heavy (non-hydrogen) atoms. The zero-order chi connectivity index (χ0) is 18.4. The Balaban J connectivity index is 1.54. The van der Waals surface area contributed by atoms with Crippen molar-refractivity contribution >= 4 is 11.6 Å². The molecular weight excluding hydrogens is 331 g/mol. The molecular formula is C21H25FN2O2. The zero-order valence-electron chi connectivity index (χ0n) is 15.1. The molecule has 0 unspecified atom stereocenters. The molecule has 1 saturated heterocycles. The molecule has 0 aromatic heterocycles. The van der Waals surface area contributed by atoms with Crippen molar-refractivity contribution in [3.05, 3.63) is 59.9 Å². The van der Waals surface area contributed by atoms with Gasteiger partial charge in [0.25, 0.3) is 0 Å². The Morgan fingerprint density at radius 3 is 2.62 bits per heavy atom. The first-order chi connectivity index (χ1) is 12.6. The van der Waals surface area contributed by atoms with E-state index in [0.29, 0.717) is 6.61 Å². The molecule has 1 fully saturated rings. The van der Waals surface area contributed by atoms with Gasteiger partial charge < -0.3 is 10.1 Å². The van der Waals surface area contributed by atoms with Crippen LogP contribution in [-0.2, 0) is 11.3 Å². The van der Waals surface area contributed by atoms with E-state index in [4.69, 9.17) is 4.74 Å². The van der Waals surface area contributed by atoms with Crippen LogP contribution in [0.1, 0.15) is 25.3 Å². The van der Waals surface area contributed by atoms with Gasteiger partial charge in [0.15, 0.2) is 0 Å². The number of carbonyl (C=O) groups is 1. The van der Waals surface area contributed by atoms with Gasteiger partial charge in [0.1, 0.15) is 11.6 Å². The van der Waals surface area contributed by atoms with Crippen LogP contribution < -0.4 is 10.1 Å². The molecule has 0 saturated carbocycles. The van der Waals surface area contributed by atoms with Crippen molar-refractivity contribution in [2.45, 2.75) is 26.3 Å². The van der Waals surface area contributed by atoms with E-state index < -0.39 is 0 Å². The van der Waals surface area contributed by atoms with Crippen LogP contribution in [0.2, 0.25) is 0 Å². The molecule has 4 nitrogen and oxygen atoms in total. The molecule has 1 heterocycles. The Morgan fingerprint density at radius 2 is 1.92 bits per heavy atom. The molecule has 1 aliphatic rings. The fraction of sp³-hybridized carbons (Fsp3) is 0.381. The quantitative estimate of drug-likeness (QED) is 0.848. The average molecular weight is 356 g/mol. The Morgan fingerprint density at radius 1 is 1.19 bits per heavy atom. The van der Waals surface area contributed by atoms with Crippen LogP contribution in [0, 0.1) is 11.7 Å². The molecule has 1 aliphatic heterocycles. The maximum Gasteiger partial charge on any atom is 0.228 e. The van der Waals surface area contributed by atoms with Gasteiger partial charge in [-0.25, -0.2) is 4.39 Å². The van der Waals surface area contributed by atoms with Crippen LogP contribution in [0.25, 0.3) is 0 Å². The molecule has 0 spiro atoms. The van der Waals surface area contributed by atoms with Gasteiger partial charge in [0.05, 0.1) is 12.5 Å². The second-order valence-electron chi connectivity index (χ2n) is 6.65. The first-order valence-corrected chi connectivity index (χ1v) is 9.14. The van der Waals surface area contributed by atoms with Crippen molar-refractivity contribution in [2.24, 2.45) is 5.92 Å². The minimum Gasteiger partial charge on any atom is -0.494 e. The van der Waals surface area contributed by atoms with E-state index in [2.05, 4.69) is 10.2 Å². The standard InChI is InChI=1S/C21H25FN2O2/c1-2-26-20-11-9-19(10-12-20)23-21(25)17-4-3-13-24(15-17)14-16-5-7-18(22)8-6-16/h5-12,17H,2-4,13-15H2,1H3,(H,23,25)/t17-/m0/s1. The summed E-state index contributed by atoms with van der Waals surface area (Å²) in [6.07, 6.45) is 1.88. The highest BCUT2D eigenvalue weighted by molar-refractivity contribution is 5.92. The van der Waals surface area contributed by atoms with Crippen molar-refractivity contribution in [3.8, 4) is 5.75 Å². The smallest absolute Gasteiger partial charge is 0.228 e. The summed E-state index contributed by atoms with van der Waals surface area (Å²) in [4.78, 5) is 14.9. The van der Waals surface area contributed by atoms with Gasteiger partial charge >= 0.3 is 0 Å². The van der Waals surface area contributed by atoms with Crippen molar-refractivity contribution in [2.75, 3.05) is 25.0 Å². The highest BCUT2D eigenvalue weighted by atomic mass is 19.1. The van der Waals surface area contributed by atoms with Gasteiger partial charge in [-0.1, -0.05) is 12.1 Å². The Bertz CT molecular complexity index is 716. The third-order valence-corrected chi connectivity index (χ3v) is 4.63. The van der Waals surface area contributed by atoms with Gasteiger partial charge in [0, 0.05) is 18.8 Å². The summed E-state index contributed by atoms with van der Waals surface area (Å²) in [6.45, 7) is 4.99. The van der Waals surface area contributed by atoms with Crippen LogP contribution >= 0.6 is 0 Å². The Labute approximate surface area is 154 Å². The topological polar surface area (TPSA) is 41.6 Å². The minimum absolute atomic E-state index is 0.0317. The lowest BCUT2D eigenvalue weighted by atomic mass is 9.96. The maximum atomic E-state index is 13.0. The number of hydrogen-bond acceptors (Lipinski definition) is 3. The van der Waals surface area contributed by atoms with Gasteiger partial charge in [-0.05, 0) is 68.3 Å². The molecule has 2 aromatic rings. The number of anilines is 1. The van der Waals surface area contributed by atoms with Crippen molar-refractivity contribution in [1.29, 1.82) is 0 Å². The first-order valence-electron chi connectivity index (χ1n) is 9.14. The Kier molecular flexibility index (Phi) is 6.23. The summed E-state index contributed by atoms with van der Waals surface area (Å²) in [5, 5.41) is 3.00. The molecule has 1 N–H and O–H groups in total. The second-order valence-corrected chi connectivity index (χ2v) is 6.65. The van der Waals surface area contributed by atoms with Crippen molar-refractivity contribution in [3.63, 3.8) is 0 Å². The van der Waals surface area contributed by atoms with E-state index >= 15 is 0 Å². The second kappa shape index (κ2) is 8.81. The molecule has 1 amide bonds. The number of piperidine rings is 1. The fourth-order valence-electron chi connectivity index (χ4n) is 3.31. The number of ether oxygens (including phenoxy) is 1. The van der Waals surface area contributed by atoms with E-state index in [0.717, 1.165) is 49.5 Å². The number of carbonyl (C=O) groups excluding carboxylic acids is 1. The predicted octanol–water partition coefficient (Wildman–Crippen LogP) is 4.08. The fourth-order valence-corrected chi connectivity index (χ4v) is 3.31. The van der Waals surface area contributed by atoms with Crippen molar-refractivity contribution in [1.82, 2.24) is 4.90 Å². The zero-order valence-corrected chi connectivity index (χ0v) is 15.1. The molecule has 0 radical (unpaired) electrons. The van der Waals surface area contributed by atoms with E-state index in [1.807, 2.05) is 31.2 Å². The number of hydrogen-bond donors (Lipinski definition) is 1. The largest absolute Gasteiger partial charge is 0.494 e. The lowest BCUT2D eigenvalue weighted by Crippen LogP contribution is -2.40. The number of amides is 1. The predicted molar refractivity (Wildman–Crippen MR) is 101 cm³/mol. The van der Waals surface area contributed by atoms with E-state index in [1.165, 1.54) is 12.1 Å². The molecule has 5 heteroatoms. The lowest BCUT2D eigenvalue weighted by Gasteiger charge is -2.32. The molecule has 0 aliphatic carbocycles. The first kappa shape index (κ1) is 18.4. The highest BCUT2D eigenvalue weighted by Crippen LogP contribution is 2.22. The summed E-state index contributed by atoms with van der Waals surface area (Å²) in [6, 6.07) is 14.0. The summed E-state index contributed by atoms with van der Waals surface area (Å²) in [7, 11) is 0. The maximum absolute atomic E-state index is 13.0. The van der Waals surface area contributed by atoms with Crippen molar-refractivity contribution < 1.29 is 13.9 Å². The number of likely N-dealkylation sites (tertiary alicyclic amines) is 1. The minimum atomic E-state index is -0.222. The van der Waals surface area contributed by atoms with Crippen LogP contribution in [0.5, 0.6) is 5.75 Å². The lowest BCUT2D eigenvalue weighted by molar-refractivity contribution is -0.121. The summed E-state index contributed by atoms with van der Waals surface area (Å²) in [5.74, 6) is 0.599. The molecule has 0 bridgehead atoms. The molecule has 2 aromatic carbocycles. The van der Waals surface area contributed by atoms with Gasteiger partial charge in [0.2, 0.25) is 5.91 Å². The normalized spacial score (nSPS) is 17.7. The van der Waals surface area contributed by atoms with E-state index in [9.17, 15) is 9.18 Å². The number of halogens is 1. The van der Waals surface area contributed by atoms with Gasteiger partial charge in [-0.15, -0.1) is 0 Å². The third kappa shape index (κ3) is 5.05. The van der Waals surface area contributed by atoms with Crippen LogP contribution in [-0.4, -0.2) is 30.5 Å². The molecule has 138 valence electrons. The average Bonchev–Trinajstić information content (AvgIpc) is 2.66. The number of benzene rings is 2. The Hall–Kier alpha value is -2.40. The number of nitrogens with zero attached hydrogens (tertiary/aromatic N) is 1. The van der Waals surface area contributed by atoms with E-state index in [1.54, 1.807) is 12.1 Å². The van der Waals surface area contributed by atoms with Crippen LogP contribution in [0.4, 0.5) is 10.1 Å². The van der Waals surface area contributed by atoms with Crippen LogP contribution in [0.15, 0.2) is 48.5 Å². The number of rotatable bonds is 6. The summed E-state index contributed by atoms with van der Waals surface area (Å²) < 4.78 is 18.5. The summed E-state index contributed by atoms with van der Waals surface area (Å²) >= 11 is 0. The third-order valence-electron chi connectivity index (χ3n) is 4.63. The summed E-state index contributed by atoms with van der Waals surface area (Å²) in [5.41, 5.74) is 1.85. The van der Waals surface area contributed by atoms with E-state index in [-0.39, 0.29) is 17.6 Å². The van der Waals surface area contributed by atoms with Gasteiger partial charge in [-0.3, -0.25) is 9.69 Å². The van der Waals surface area contributed by atoms with Gasteiger partial charge in [-0.2, -0.15) is 0 Å². The number of nitrogens with one attached hydrogen (secondary N) is 1.